The monoisotopic (exact) mass is 264 g/mol. The van der Waals surface area contributed by atoms with E-state index in [9.17, 15) is 5.11 Å². The summed E-state index contributed by atoms with van der Waals surface area (Å²) in [4.78, 5) is 10.8. The van der Waals surface area contributed by atoms with Crippen molar-refractivity contribution in [3.05, 3.63) is 11.9 Å². The second-order valence-corrected chi connectivity index (χ2v) is 5.51. The van der Waals surface area contributed by atoms with E-state index in [2.05, 4.69) is 28.7 Å². The largest absolute Gasteiger partial charge is 0.395 e. The van der Waals surface area contributed by atoms with Crippen LogP contribution in [0.3, 0.4) is 0 Å². The van der Waals surface area contributed by atoms with E-state index >= 15 is 0 Å². The van der Waals surface area contributed by atoms with Gasteiger partial charge in [-0.1, -0.05) is 26.7 Å². The summed E-state index contributed by atoms with van der Waals surface area (Å²) < 4.78 is 0. The Hall–Kier alpha value is -1.36. The quantitative estimate of drug-likeness (QED) is 0.850. The Morgan fingerprint density at radius 3 is 2.63 bits per heavy atom. The zero-order valence-electron chi connectivity index (χ0n) is 11.8. The zero-order valence-corrected chi connectivity index (χ0v) is 11.8. The Morgan fingerprint density at radius 1 is 1.37 bits per heavy atom. The third kappa shape index (κ3) is 2.97. The van der Waals surface area contributed by atoms with E-state index in [1.165, 1.54) is 32.0 Å². The molecule has 0 aromatic carbocycles. The van der Waals surface area contributed by atoms with E-state index in [4.69, 9.17) is 5.73 Å². The highest BCUT2D eigenvalue weighted by atomic mass is 16.3. The fraction of sp³-hybridized carbons (Fsp3) is 0.714. The summed E-state index contributed by atoms with van der Waals surface area (Å²) in [7, 11) is 0. The molecule has 2 rings (SSSR count). The lowest BCUT2D eigenvalue weighted by molar-refractivity contribution is 0.296. The summed E-state index contributed by atoms with van der Waals surface area (Å²) in [5, 5.41) is 9.34. The highest BCUT2D eigenvalue weighted by molar-refractivity contribution is 5.58. The van der Waals surface area contributed by atoms with Crippen LogP contribution < -0.4 is 10.6 Å². The highest BCUT2D eigenvalue weighted by Crippen LogP contribution is 2.33. The topological polar surface area (TPSA) is 75.3 Å². The second-order valence-electron chi connectivity index (χ2n) is 5.51. The molecule has 5 nitrogen and oxygen atoms in total. The summed E-state index contributed by atoms with van der Waals surface area (Å²) >= 11 is 0. The zero-order chi connectivity index (χ0) is 13.8. The van der Waals surface area contributed by atoms with Crippen molar-refractivity contribution < 1.29 is 5.11 Å². The first-order valence-corrected chi connectivity index (χ1v) is 7.13. The van der Waals surface area contributed by atoms with Gasteiger partial charge in [0.25, 0.3) is 0 Å². The minimum atomic E-state index is 0.137. The van der Waals surface area contributed by atoms with Gasteiger partial charge in [-0.15, -0.1) is 0 Å². The molecule has 0 radical (unpaired) electrons. The van der Waals surface area contributed by atoms with Crippen molar-refractivity contribution in [3.8, 4) is 0 Å². The third-order valence-electron chi connectivity index (χ3n) is 3.85. The van der Waals surface area contributed by atoms with Gasteiger partial charge in [-0.3, -0.25) is 0 Å². The number of nitrogens with two attached hydrogens (primary N) is 1. The molecular weight excluding hydrogens is 240 g/mol. The Bertz CT molecular complexity index is 416. The number of aliphatic hydroxyl groups excluding tert-OH is 1. The van der Waals surface area contributed by atoms with E-state index in [0.29, 0.717) is 18.4 Å². The summed E-state index contributed by atoms with van der Waals surface area (Å²) in [6, 6.07) is 0.471. The molecule has 0 amide bonds. The van der Waals surface area contributed by atoms with E-state index in [1.54, 1.807) is 0 Å². The van der Waals surface area contributed by atoms with Gasteiger partial charge in [-0.05, 0) is 18.8 Å². The van der Waals surface area contributed by atoms with E-state index in [-0.39, 0.29) is 12.5 Å². The van der Waals surface area contributed by atoms with E-state index < -0.39 is 0 Å². The molecule has 1 aromatic heterocycles. The van der Waals surface area contributed by atoms with E-state index in [0.717, 1.165) is 11.4 Å². The van der Waals surface area contributed by atoms with Gasteiger partial charge in [0, 0.05) is 18.2 Å². The van der Waals surface area contributed by atoms with Crippen molar-refractivity contribution in [1.82, 2.24) is 9.97 Å². The SMILES string of the molecule is CC(C)c1c(N)ncnc1N(CCO)C1CCCC1. The number of nitrogens with zero attached hydrogens (tertiary/aromatic N) is 3. The first-order chi connectivity index (χ1) is 9.15. The molecule has 0 spiro atoms. The standard InChI is InChI=1S/C14H24N4O/c1-10(2)12-13(15)16-9-17-14(12)18(7-8-19)11-5-3-4-6-11/h9-11,19H,3-8H2,1-2H3,(H2,15,16,17). The predicted octanol–water partition coefficient (Wildman–Crippen LogP) is 1.92. The van der Waals surface area contributed by atoms with Crippen LogP contribution in [0.1, 0.15) is 51.0 Å². The van der Waals surface area contributed by atoms with Crippen molar-refractivity contribution in [2.45, 2.75) is 51.5 Å². The average Bonchev–Trinajstić information content (AvgIpc) is 2.88. The Labute approximate surface area is 114 Å². The van der Waals surface area contributed by atoms with Gasteiger partial charge in [0.1, 0.15) is 18.0 Å². The first-order valence-electron chi connectivity index (χ1n) is 7.13. The molecule has 1 aliphatic rings. The molecule has 1 aliphatic carbocycles. The number of anilines is 2. The molecule has 1 aromatic rings. The minimum absolute atomic E-state index is 0.137. The number of aromatic nitrogens is 2. The summed E-state index contributed by atoms with van der Waals surface area (Å²) in [6.07, 6.45) is 6.37. The molecule has 3 N–H and O–H groups in total. The summed E-state index contributed by atoms with van der Waals surface area (Å²) in [5.41, 5.74) is 7.02. The molecule has 0 unspecified atom stereocenters. The van der Waals surface area contributed by atoms with Crippen molar-refractivity contribution >= 4 is 11.6 Å². The number of hydrogen-bond acceptors (Lipinski definition) is 5. The minimum Gasteiger partial charge on any atom is -0.395 e. The molecule has 106 valence electrons. The Balaban J connectivity index is 2.37. The van der Waals surface area contributed by atoms with Crippen molar-refractivity contribution in [3.63, 3.8) is 0 Å². The lowest BCUT2D eigenvalue weighted by Gasteiger charge is -2.32. The lowest BCUT2D eigenvalue weighted by atomic mass is 10.0. The van der Waals surface area contributed by atoms with E-state index in [1.807, 2.05) is 0 Å². The van der Waals surface area contributed by atoms with Crippen LogP contribution in [0.15, 0.2) is 6.33 Å². The van der Waals surface area contributed by atoms with Gasteiger partial charge >= 0.3 is 0 Å². The molecule has 19 heavy (non-hydrogen) atoms. The average molecular weight is 264 g/mol. The van der Waals surface area contributed by atoms with Crippen LogP contribution in [0.25, 0.3) is 0 Å². The van der Waals surface area contributed by atoms with Crippen molar-refractivity contribution in [2.24, 2.45) is 0 Å². The summed E-state index contributed by atoms with van der Waals surface area (Å²) in [6.45, 7) is 4.95. The van der Waals surface area contributed by atoms with Crippen LogP contribution in [-0.2, 0) is 0 Å². The fourth-order valence-corrected chi connectivity index (χ4v) is 2.97. The fourth-order valence-electron chi connectivity index (χ4n) is 2.97. The molecular formula is C14H24N4O. The molecule has 1 saturated carbocycles. The van der Waals surface area contributed by atoms with Gasteiger partial charge in [-0.25, -0.2) is 9.97 Å². The summed E-state index contributed by atoms with van der Waals surface area (Å²) in [5.74, 6) is 1.74. The van der Waals surface area contributed by atoms with Gasteiger partial charge in [0.2, 0.25) is 0 Å². The van der Waals surface area contributed by atoms with Crippen LogP contribution in [-0.4, -0.2) is 34.3 Å². The van der Waals surface area contributed by atoms with Crippen molar-refractivity contribution in [2.75, 3.05) is 23.8 Å². The Kier molecular flexibility index (Phi) is 4.58. The second kappa shape index (κ2) is 6.19. The maximum Gasteiger partial charge on any atom is 0.137 e. The number of nitrogen functional groups attached to an aromatic ring is 1. The van der Waals surface area contributed by atoms with Gasteiger partial charge in [0.05, 0.1) is 6.61 Å². The van der Waals surface area contributed by atoms with Crippen LogP contribution >= 0.6 is 0 Å². The predicted molar refractivity (Wildman–Crippen MR) is 77.2 cm³/mol. The third-order valence-corrected chi connectivity index (χ3v) is 3.85. The van der Waals surface area contributed by atoms with Crippen LogP contribution in [0.2, 0.25) is 0 Å². The number of rotatable bonds is 5. The van der Waals surface area contributed by atoms with Gasteiger partial charge < -0.3 is 15.7 Å². The normalized spacial score (nSPS) is 16.2. The first kappa shape index (κ1) is 14.1. The van der Waals surface area contributed by atoms with Gasteiger partial charge in [-0.2, -0.15) is 0 Å². The molecule has 0 saturated heterocycles. The van der Waals surface area contributed by atoms with Crippen molar-refractivity contribution in [1.29, 1.82) is 0 Å². The molecule has 0 aliphatic heterocycles. The molecule has 5 heteroatoms. The highest BCUT2D eigenvalue weighted by Gasteiger charge is 2.26. The smallest absolute Gasteiger partial charge is 0.137 e. The number of hydrogen-bond donors (Lipinski definition) is 2. The lowest BCUT2D eigenvalue weighted by Crippen LogP contribution is -2.37. The maximum atomic E-state index is 9.34. The van der Waals surface area contributed by atoms with Crippen LogP contribution in [0.4, 0.5) is 11.6 Å². The van der Waals surface area contributed by atoms with Crippen LogP contribution in [0, 0.1) is 0 Å². The molecule has 0 bridgehead atoms. The Morgan fingerprint density at radius 2 is 2.05 bits per heavy atom. The van der Waals surface area contributed by atoms with Gasteiger partial charge in [0.15, 0.2) is 0 Å². The molecule has 1 heterocycles. The van der Waals surface area contributed by atoms with Crippen LogP contribution in [0.5, 0.6) is 0 Å². The molecule has 0 atom stereocenters. The number of aliphatic hydroxyl groups is 1. The maximum absolute atomic E-state index is 9.34. The molecule has 1 fully saturated rings.